The Labute approximate surface area is 123 Å². The van der Waals surface area contributed by atoms with Crippen LogP contribution in [-0.2, 0) is 0 Å². The van der Waals surface area contributed by atoms with E-state index in [1.807, 2.05) is 0 Å². The average molecular weight is 311 g/mol. The molecular weight excluding hydrogens is 302 g/mol. The van der Waals surface area contributed by atoms with Crippen molar-refractivity contribution in [3.8, 4) is 0 Å². The summed E-state index contributed by atoms with van der Waals surface area (Å²) in [6.07, 6.45) is 0. The molecular formula is C14H9ClF2N2O2. The Hall–Kier alpha value is -2.47. The van der Waals surface area contributed by atoms with E-state index in [0.29, 0.717) is 0 Å². The monoisotopic (exact) mass is 310 g/mol. The van der Waals surface area contributed by atoms with Gasteiger partial charge in [-0.2, -0.15) is 0 Å². The van der Waals surface area contributed by atoms with Crippen molar-refractivity contribution in [1.82, 2.24) is 0 Å². The van der Waals surface area contributed by atoms with E-state index in [1.54, 1.807) is 0 Å². The first-order chi connectivity index (χ1) is 9.90. The summed E-state index contributed by atoms with van der Waals surface area (Å²) in [6, 6.07) is 6.99. The van der Waals surface area contributed by atoms with E-state index in [4.69, 9.17) is 17.3 Å². The first-order valence-electron chi connectivity index (χ1n) is 5.75. The number of primary amides is 1. The van der Waals surface area contributed by atoms with Crippen molar-refractivity contribution in [1.29, 1.82) is 0 Å². The number of hydrogen-bond acceptors (Lipinski definition) is 2. The van der Waals surface area contributed by atoms with Gasteiger partial charge in [0.1, 0.15) is 17.2 Å². The lowest BCUT2D eigenvalue weighted by Gasteiger charge is -2.09. The molecule has 0 unspecified atom stereocenters. The minimum absolute atomic E-state index is 0.0284. The zero-order chi connectivity index (χ0) is 15.6. The summed E-state index contributed by atoms with van der Waals surface area (Å²) >= 11 is 5.86. The van der Waals surface area contributed by atoms with Crippen LogP contribution in [0.4, 0.5) is 14.5 Å². The van der Waals surface area contributed by atoms with Crippen LogP contribution < -0.4 is 11.1 Å². The third-order valence-electron chi connectivity index (χ3n) is 2.69. The molecule has 108 valence electrons. The molecule has 0 aliphatic carbocycles. The molecule has 0 spiro atoms. The molecule has 0 saturated carbocycles. The van der Waals surface area contributed by atoms with E-state index in [-0.39, 0.29) is 16.3 Å². The average Bonchev–Trinajstić information content (AvgIpc) is 2.40. The SMILES string of the molecule is NC(=O)c1ccc(Cl)c(NC(=O)c2c(F)cccc2F)c1. The second kappa shape index (κ2) is 5.88. The quantitative estimate of drug-likeness (QED) is 0.914. The van der Waals surface area contributed by atoms with E-state index in [9.17, 15) is 18.4 Å². The van der Waals surface area contributed by atoms with E-state index in [2.05, 4.69) is 5.32 Å². The fourth-order valence-electron chi connectivity index (χ4n) is 1.67. The number of benzene rings is 2. The molecule has 3 N–H and O–H groups in total. The van der Waals surface area contributed by atoms with Crippen molar-refractivity contribution in [2.75, 3.05) is 5.32 Å². The van der Waals surface area contributed by atoms with Gasteiger partial charge in [-0.05, 0) is 30.3 Å². The van der Waals surface area contributed by atoms with Gasteiger partial charge in [0.15, 0.2) is 0 Å². The van der Waals surface area contributed by atoms with E-state index < -0.39 is 29.0 Å². The maximum Gasteiger partial charge on any atom is 0.261 e. The number of halogens is 3. The number of carbonyl (C=O) groups is 2. The predicted octanol–water partition coefficient (Wildman–Crippen LogP) is 2.97. The smallest absolute Gasteiger partial charge is 0.261 e. The minimum atomic E-state index is -1.02. The van der Waals surface area contributed by atoms with Crippen molar-refractivity contribution in [2.45, 2.75) is 0 Å². The van der Waals surface area contributed by atoms with Gasteiger partial charge in [0.25, 0.3) is 5.91 Å². The first-order valence-corrected chi connectivity index (χ1v) is 6.12. The molecule has 7 heteroatoms. The lowest BCUT2D eigenvalue weighted by Crippen LogP contribution is -2.17. The van der Waals surface area contributed by atoms with Crippen LogP contribution in [-0.4, -0.2) is 11.8 Å². The number of hydrogen-bond donors (Lipinski definition) is 2. The highest BCUT2D eigenvalue weighted by atomic mass is 35.5. The molecule has 2 aromatic carbocycles. The predicted molar refractivity (Wildman–Crippen MR) is 74.3 cm³/mol. The van der Waals surface area contributed by atoms with Gasteiger partial charge in [-0.15, -0.1) is 0 Å². The van der Waals surface area contributed by atoms with Gasteiger partial charge in [-0.1, -0.05) is 17.7 Å². The van der Waals surface area contributed by atoms with E-state index >= 15 is 0 Å². The molecule has 0 aromatic heterocycles. The third-order valence-corrected chi connectivity index (χ3v) is 3.02. The molecule has 0 radical (unpaired) electrons. The normalized spacial score (nSPS) is 10.2. The van der Waals surface area contributed by atoms with Crippen LogP contribution >= 0.6 is 11.6 Å². The summed E-state index contributed by atoms with van der Waals surface area (Å²) in [4.78, 5) is 23.0. The second-order valence-corrected chi connectivity index (χ2v) is 4.52. The summed E-state index contributed by atoms with van der Waals surface area (Å²) in [6.45, 7) is 0. The van der Waals surface area contributed by atoms with Crippen LogP contribution in [0.5, 0.6) is 0 Å². The Morgan fingerprint density at radius 1 is 1.10 bits per heavy atom. The highest BCUT2D eigenvalue weighted by Gasteiger charge is 2.18. The van der Waals surface area contributed by atoms with E-state index in [1.165, 1.54) is 18.2 Å². The van der Waals surface area contributed by atoms with Gasteiger partial charge in [0.2, 0.25) is 5.91 Å². The second-order valence-electron chi connectivity index (χ2n) is 4.11. The minimum Gasteiger partial charge on any atom is -0.366 e. The van der Waals surface area contributed by atoms with Gasteiger partial charge < -0.3 is 11.1 Å². The third kappa shape index (κ3) is 3.17. The number of carbonyl (C=O) groups excluding carboxylic acids is 2. The van der Waals surface area contributed by atoms with Gasteiger partial charge >= 0.3 is 0 Å². The molecule has 2 rings (SSSR count). The molecule has 2 amide bonds. The number of nitrogens with two attached hydrogens (primary N) is 1. The largest absolute Gasteiger partial charge is 0.366 e. The number of nitrogens with one attached hydrogen (secondary N) is 1. The Kier molecular flexibility index (Phi) is 4.18. The molecule has 4 nitrogen and oxygen atoms in total. The zero-order valence-electron chi connectivity index (χ0n) is 10.5. The van der Waals surface area contributed by atoms with Crippen LogP contribution in [0.1, 0.15) is 20.7 Å². The highest BCUT2D eigenvalue weighted by molar-refractivity contribution is 6.34. The maximum absolute atomic E-state index is 13.5. The van der Waals surface area contributed by atoms with Crippen LogP contribution in [0, 0.1) is 11.6 Å². The molecule has 0 heterocycles. The lowest BCUT2D eigenvalue weighted by atomic mass is 10.1. The summed E-state index contributed by atoms with van der Waals surface area (Å²) in [7, 11) is 0. The molecule has 0 saturated heterocycles. The molecule has 0 aliphatic rings. The van der Waals surface area contributed by atoms with Crippen molar-refractivity contribution in [3.63, 3.8) is 0 Å². The van der Waals surface area contributed by atoms with Gasteiger partial charge in [-0.3, -0.25) is 9.59 Å². The van der Waals surface area contributed by atoms with Crippen LogP contribution in [0.15, 0.2) is 36.4 Å². The topological polar surface area (TPSA) is 72.2 Å². The standard InChI is InChI=1S/C14H9ClF2N2O2/c15-8-5-4-7(13(18)20)6-11(8)19-14(21)12-9(16)2-1-3-10(12)17/h1-6H,(H2,18,20)(H,19,21). The summed E-state index contributed by atoms with van der Waals surface area (Å²) in [5.41, 5.74) is 4.50. The number of anilines is 1. The molecule has 0 aliphatic heterocycles. The zero-order valence-corrected chi connectivity index (χ0v) is 11.2. The van der Waals surface area contributed by atoms with Crippen LogP contribution in [0.3, 0.4) is 0 Å². The Morgan fingerprint density at radius 2 is 1.71 bits per heavy atom. The van der Waals surface area contributed by atoms with Crippen molar-refractivity contribution in [2.24, 2.45) is 5.73 Å². The number of amides is 2. The lowest BCUT2D eigenvalue weighted by molar-refractivity contribution is 0.0994. The van der Waals surface area contributed by atoms with Crippen molar-refractivity contribution in [3.05, 3.63) is 64.2 Å². The highest BCUT2D eigenvalue weighted by Crippen LogP contribution is 2.24. The summed E-state index contributed by atoms with van der Waals surface area (Å²) in [5, 5.41) is 2.35. The Morgan fingerprint density at radius 3 is 2.29 bits per heavy atom. The Balaban J connectivity index is 2.36. The van der Waals surface area contributed by atoms with Crippen molar-refractivity contribution < 1.29 is 18.4 Å². The van der Waals surface area contributed by atoms with Gasteiger partial charge in [0, 0.05) is 5.56 Å². The van der Waals surface area contributed by atoms with Crippen molar-refractivity contribution >= 4 is 29.1 Å². The molecule has 0 atom stereocenters. The first kappa shape index (κ1) is 14.9. The summed E-state index contributed by atoms with van der Waals surface area (Å²) in [5.74, 6) is -3.75. The van der Waals surface area contributed by atoms with Crippen LogP contribution in [0.25, 0.3) is 0 Å². The van der Waals surface area contributed by atoms with Gasteiger partial charge in [-0.25, -0.2) is 8.78 Å². The fourth-order valence-corrected chi connectivity index (χ4v) is 1.84. The van der Waals surface area contributed by atoms with E-state index in [0.717, 1.165) is 18.2 Å². The molecule has 21 heavy (non-hydrogen) atoms. The maximum atomic E-state index is 13.5. The molecule has 0 bridgehead atoms. The fraction of sp³-hybridized carbons (Fsp3) is 0. The van der Waals surface area contributed by atoms with Crippen LogP contribution in [0.2, 0.25) is 5.02 Å². The van der Waals surface area contributed by atoms with Gasteiger partial charge in [0.05, 0.1) is 10.7 Å². The Bertz CT molecular complexity index is 715. The molecule has 2 aromatic rings. The summed E-state index contributed by atoms with van der Waals surface area (Å²) < 4.78 is 27.0. The number of rotatable bonds is 3. The molecule has 0 fully saturated rings.